The predicted octanol–water partition coefficient (Wildman–Crippen LogP) is 6.12. The first-order valence-corrected chi connectivity index (χ1v) is 14.6. The molecule has 1 unspecified atom stereocenters. The van der Waals surface area contributed by atoms with Crippen molar-refractivity contribution in [3.63, 3.8) is 0 Å². The third-order valence-corrected chi connectivity index (χ3v) is 8.86. The van der Waals surface area contributed by atoms with Crippen molar-refractivity contribution in [1.29, 1.82) is 0 Å². The highest BCUT2D eigenvalue weighted by Gasteiger charge is 2.29. The lowest BCUT2D eigenvalue weighted by Crippen LogP contribution is -2.45. The minimum absolute atomic E-state index is 0.0262. The number of nitrogens with zero attached hydrogens (tertiary/aromatic N) is 3. The highest BCUT2D eigenvalue weighted by molar-refractivity contribution is 6.31. The van der Waals surface area contributed by atoms with E-state index in [4.69, 9.17) is 11.6 Å². The van der Waals surface area contributed by atoms with E-state index in [2.05, 4.69) is 38.7 Å². The zero-order chi connectivity index (χ0) is 28.3. The average molecular weight is 568 g/mol. The van der Waals surface area contributed by atoms with Crippen molar-refractivity contribution in [2.24, 2.45) is 0 Å². The number of aryl methyl sites for hydroxylation is 1. The van der Waals surface area contributed by atoms with Gasteiger partial charge < -0.3 is 20.4 Å². The number of piperidine rings is 1. The Bertz CT molecular complexity index is 1580. The van der Waals surface area contributed by atoms with Crippen LogP contribution in [0.4, 0.5) is 10.5 Å². The van der Waals surface area contributed by atoms with Gasteiger partial charge in [0.05, 0.1) is 6.04 Å². The summed E-state index contributed by atoms with van der Waals surface area (Å²) in [6, 6.07) is 21.8. The van der Waals surface area contributed by atoms with Gasteiger partial charge in [0.2, 0.25) is 0 Å². The number of hydrogen-bond acceptors (Lipinski definition) is 4. The maximum atomic E-state index is 13.6. The molecule has 0 spiro atoms. The molecule has 2 aliphatic rings. The summed E-state index contributed by atoms with van der Waals surface area (Å²) in [5.41, 5.74) is 4.96. The maximum Gasteiger partial charge on any atom is 0.315 e. The molecule has 1 atom stereocenters. The van der Waals surface area contributed by atoms with Crippen molar-refractivity contribution in [2.75, 3.05) is 25.0 Å². The van der Waals surface area contributed by atoms with E-state index in [1.807, 2.05) is 72.9 Å². The Hall–Kier alpha value is -4.10. The molecule has 0 bridgehead atoms. The summed E-state index contributed by atoms with van der Waals surface area (Å²) in [5.74, 6) is 0.0262. The van der Waals surface area contributed by atoms with Gasteiger partial charge in [-0.3, -0.25) is 9.78 Å². The van der Waals surface area contributed by atoms with Gasteiger partial charge in [-0.15, -0.1) is 0 Å². The van der Waals surface area contributed by atoms with Crippen LogP contribution in [0.15, 0.2) is 79.1 Å². The van der Waals surface area contributed by atoms with Crippen LogP contribution in [0.25, 0.3) is 10.8 Å². The van der Waals surface area contributed by atoms with Crippen LogP contribution in [0.2, 0.25) is 5.02 Å². The van der Waals surface area contributed by atoms with Crippen LogP contribution < -0.4 is 15.5 Å². The number of urea groups is 1. The molecule has 2 heterocycles. The number of amides is 3. The number of halogens is 1. The third kappa shape index (κ3) is 5.86. The number of pyridine rings is 1. The van der Waals surface area contributed by atoms with Crippen LogP contribution in [-0.4, -0.2) is 48.0 Å². The van der Waals surface area contributed by atoms with Crippen molar-refractivity contribution in [2.45, 2.75) is 44.3 Å². The highest BCUT2D eigenvalue weighted by Crippen LogP contribution is 2.33. The number of rotatable bonds is 6. The fraction of sp³-hybridized carbons (Fsp3) is 0.303. The molecule has 3 aromatic carbocycles. The first kappa shape index (κ1) is 27.1. The molecular formula is C33H34ClN5O2. The van der Waals surface area contributed by atoms with Crippen LogP contribution >= 0.6 is 11.6 Å². The molecular weight excluding hydrogens is 534 g/mol. The number of aromatic nitrogens is 1. The Morgan fingerprint density at radius 2 is 1.83 bits per heavy atom. The predicted molar refractivity (Wildman–Crippen MR) is 163 cm³/mol. The number of carbonyl (C=O) groups excluding carboxylic acids is 2. The number of anilines is 1. The molecule has 210 valence electrons. The Morgan fingerprint density at radius 1 is 1.00 bits per heavy atom. The standard InChI is InChI=1S/C33H34ClN5O2/c1-38(27-13-16-39(17-14-27)28-10-8-25-20-35-15-12-23(25)18-28)32(40)24-7-6-22-9-11-31(29(22)19-24)37-33(41)36-21-26-4-2-3-5-30(26)34/h2-8,10,12,15,18-20,27,31H,9,11,13-14,16-17,21H2,1H3,(H2,36,37,41). The van der Waals surface area contributed by atoms with Gasteiger partial charge in [0.25, 0.3) is 5.91 Å². The molecule has 41 heavy (non-hydrogen) atoms. The van der Waals surface area contributed by atoms with Gasteiger partial charge in [0.15, 0.2) is 0 Å². The topological polar surface area (TPSA) is 77.6 Å². The van der Waals surface area contributed by atoms with Crippen LogP contribution in [-0.2, 0) is 13.0 Å². The molecule has 1 fully saturated rings. The lowest BCUT2D eigenvalue weighted by molar-refractivity contribution is 0.0709. The Morgan fingerprint density at radius 3 is 2.66 bits per heavy atom. The van der Waals surface area contributed by atoms with Crippen molar-refractivity contribution < 1.29 is 9.59 Å². The molecule has 1 aromatic heterocycles. The summed E-state index contributed by atoms with van der Waals surface area (Å²) in [7, 11) is 1.91. The van der Waals surface area contributed by atoms with Gasteiger partial charge in [-0.1, -0.05) is 41.9 Å². The Kier molecular flexibility index (Phi) is 7.79. The Labute approximate surface area is 245 Å². The SMILES string of the molecule is CN(C(=O)c1ccc2c(c1)C(NC(=O)NCc1ccccc1Cl)CC2)C1CCN(c2ccc3cnccc3c2)CC1. The molecule has 1 saturated heterocycles. The van der Waals surface area contributed by atoms with Gasteiger partial charge in [0, 0.05) is 66.8 Å². The smallest absolute Gasteiger partial charge is 0.315 e. The molecule has 2 N–H and O–H groups in total. The number of benzene rings is 3. The normalized spacial score (nSPS) is 16.8. The third-order valence-electron chi connectivity index (χ3n) is 8.49. The monoisotopic (exact) mass is 567 g/mol. The quantitative estimate of drug-likeness (QED) is 0.294. The van der Waals surface area contributed by atoms with E-state index in [0.29, 0.717) is 17.1 Å². The summed E-state index contributed by atoms with van der Waals surface area (Å²) in [6.07, 6.45) is 7.23. The minimum Gasteiger partial charge on any atom is -0.371 e. The zero-order valence-electron chi connectivity index (χ0n) is 23.1. The molecule has 1 aliphatic carbocycles. The van der Waals surface area contributed by atoms with E-state index < -0.39 is 0 Å². The van der Waals surface area contributed by atoms with Crippen LogP contribution in [0.1, 0.15) is 52.4 Å². The number of fused-ring (bicyclic) bond motifs is 2. The van der Waals surface area contributed by atoms with Crippen LogP contribution in [0.5, 0.6) is 0 Å². The second-order valence-electron chi connectivity index (χ2n) is 11.0. The van der Waals surface area contributed by atoms with Gasteiger partial charge in [-0.05, 0) is 84.2 Å². The molecule has 6 rings (SSSR count). The van der Waals surface area contributed by atoms with E-state index in [1.165, 1.54) is 16.6 Å². The summed E-state index contributed by atoms with van der Waals surface area (Å²) >= 11 is 6.22. The summed E-state index contributed by atoms with van der Waals surface area (Å²) in [5, 5.41) is 8.95. The second kappa shape index (κ2) is 11.8. The number of carbonyl (C=O) groups is 2. The van der Waals surface area contributed by atoms with Crippen molar-refractivity contribution >= 4 is 40.0 Å². The molecule has 0 saturated carbocycles. The van der Waals surface area contributed by atoms with E-state index >= 15 is 0 Å². The first-order valence-electron chi connectivity index (χ1n) is 14.2. The van der Waals surface area contributed by atoms with Gasteiger partial charge >= 0.3 is 6.03 Å². The van der Waals surface area contributed by atoms with Crippen molar-refractivity contribution in [1.82, 2.24) is 20.5 Å². The van der Waals surface area contributed by atoms with E-state index in [-0.39, 0.29) is 24.0 Å². The molecule has 0 radical (unpaired) electrons. The summed E-state index contributed by atoms with van der Waals surface area (Å²) < 4.78 is 0. The zero-order valence-corrected chi connectivity index (χ0v) is 23.9. The van der Waals surface area contributed by atoms with Crippen LogP contribution in [0.3, 0.4) is 0 Å². The average Bonchev–Trinajstić information content (AvgIpc) is 3.41. The molecule has 7 nitrogen and oxygen atoms in total. The van der Waals surface area contributed by atoms with E-state index in [0.717, 1.165) is 55.3 Å². The van der Waals surface area contributed by atoms with Crippen LogP contribution in [0, 0.1) is 0 Å². The van der Waals surface area contributed by atoms with E-state index in [9.17, 15) is 9.59 Å². The van der Waals surface area contributed by atoms with Gasteiger partial charge in [0.1, 0.15) is 0 Å². The number of hydrogen-bond donors (Lipinski definition) is 2. The van der Waals surface area contributed by atoms with Crippen molar-refractivity contribution in [3.05, 3.63) is 106 Å². The molecule has 8 heteroatoms. The lowest BCUT2D eigenvalue weighted by atomic mass is 10.00. The van der Waals surface area contributed by atoms with E-state index in [1.54, 1.807) is 0 Å². The van der Waals surface area contributed by atoms with Crippen molar-refractivity contribution in [3.8, 4) is 0 Å². The summed E-state index contributed by atoms with van der Waals surface area (Å²) in [4.78, 5) is 34.7. The second-order valence-corrected chi connectivity index (χ2v) is 11.4. The minimum atomic E-state index is -0.244. The molecule has 4 aromatic rings. The summed E-state index contributed by atoms with van der Waals surface area (Å²) in [6.45, 7) is 2.16. The largest absolute Gasteiger partial charge is 0.371 e. The first-order chi connectivity index (χ1) is 20.0. The van der Waals surface area contributed by atoms with Gasteiger partial charge in [-0.25, -0.2) is 4.79 Å². The maximum absolute atomic E-state index is 13.6. The number of nitrogens with one attached hydrogen (secondary N) is 2. The fourth-order valence-corrected chi connectivity index (χ4v) is 6.26. The molecule has 3 amide bonds. The van der Waals surface area contributed by atoms with Gasteiger partial charge in [-0.2, -0.15) is 0 Å². The highest BCUT2D eigenvalue weighted by atomic mass is 35.5. The molecule has 1 aliphatic heterocycles. The fourth-order valence-electron chi connectivity index (χ4n) is 6.06. The lowest BCUT2D eigenvalue weighted by Gasteiger charge is -2.38. The Balaban J connectivity index is 1.06.